The number of hydrogen-bond donors (Lipinski definition) is 3. The van der Waals surface area contributed by atoms with Crippen molar-refractivity contribution in [3.05, 3.63) is 60.6 Å². The van der Waals surface area contributed by atoms with E-state index in [0.29, 0.717) is 42.6 Å². The molecule has 1 fully saturated rings. The van der Waals surface area contributed by atoms with Crippen LogP contribution in [0.25, 0.3) is 22.2 Å². The number of nitrogens with two attached hydrogens (primary N) is 1. The number of aromatic nitrogens is 7. The number of oxazole rings is 1. The normalized spacial score (nSPS) is 13.7. The number of benzene rings is 1. The summed E-state index contributed by atoms with van der Waals surface area (Å²) in [7, 11) is 1.79. The smallest absolute Gasteiger partial charge is 0.298 e. The van der Waals surface area contributed by atoms with Crippen molar-refractivity contribution in [3.8, 4) is 11.1 Å². The number of anilines is 3. The van der Waals surface area contributed by atoms with Gasteiger partial charge in [0.2, 0.25) is 0 Å². The number of nitrogens with zero attached hydrogens (tertiary/aromatic N) is 8. The van der Waals surface area contributed by atoms with Crippen molar-refractivity contribution in [1.82, 2.24) is 34.5 Å². The lowest BCUT2D eigenvalue weighted by molar-refractivity contribution is 0.0995. The van der Waals surface area contributed by atoms with Crippen LogP contribution in [0.15, 0.2) is 53.6 Å². The quantitative estimate of drug-likeness (QED) is 0.285. The maximum atomic E-state index is 12.1. The molecule has 1 aromatic carbocycles. The van der Waals surface area contributed by atoms with Crippen LogP contribution in [0.1, 0.15) is 22.1 Å². The van der Waals surface area contributed by atoms with Gasteiger partial charge in [-0.3, -0.25) is 14.2 Å². The molecule has 13 nitrogen and oxygen atoms in total. The molecular weight excluding hydrogens is 476 g/mol. The van der Waals surface area contributed by atoms with Gasteiger partial charge in [0.05, 0.1) is 43.1 Å². The van der Waals surface area contributed by atoms with E-state index in [1.807, 2.05) is 29.3 Å². The fraction of sp³-hybridized carbons (Fsp3) is 0.250. The number of nitrogens with one attached hydrogen (secondary N) is 1. The van der Waals surface area contributed by atoms with Crippen LogP contribution in [-0.4, -0.2) is 65.2 Å². The maximum absolute atomic E-state index is 12.1. The van der Waals surface area contributed by atoms with Gasteiger partial charge in [0.25, 0.3) is 11.9 Å². The second kappa shape index (κ2) is 9.02. The fourth-order valence-corrected chi connectivity index (χ4v) is 4.27. The molecule has 0 bridgehead atoms. The summed E-state index contributed by atoms with van der Waals surface area (Å²) in [6.07, 6.45) is 8.68. The highest BCUT2D eigenvalue weighted by molar-refractivity contribution is 5.96. The topological polar surface area (TPSA) is 166 Å². The third-order valence-electron chi connectivity index (χ3n) is 6.24. The number of carbonyl (C=O) groups is 1. The van der Waals surface area contributed by atoms with Crippen molar-refractivity contribution in [2.45, 2.75) is 12.5 Å². The van der Waals surface area contributed by atoms with Gasteiger partial charge >= 0.3 is 0 Å². The average Bonchev–Trinajstić information content (AvgIpc) is 3.58. The zero-order chi connectivity index (χ0) is 25.5. The van der Waals surface area contributed by atoms with Gasteiger partial charge in [0.1, 0.15) is 5.52 Å². The molecule has 1 aliphatic heterocycles. The van der Waals surface area contributed by atoms with E-state index in [1.54, 1.807) is 41.2 Å². The molecule has 0 spiro atoms. The largest absolute Gasteiger partial charge is 0.423 e. The van der Waals surface area contributed by atoms with E-state index < -0.39 is 5.91 Å². The van der Waals surface area contributed by atoms with Gasteiger partial charge in [-0.25, -0.2) is 9.97 Å². The highest BCUT2D eigenvalue weighted by atomic mass is 16.4. The lowest BCUT2D eigenvalue weighted by Gasteiger charge is -2.37. The Balaban J connectivity index is 1.16. The summed E-state index contributed by atoms with van der Waals surface area (Å²) in [4.78, 5) is 27.6. The number of aryl methyl sites for hydroxylation is 1. The van der Waals surface area contributed by atoms with Gasteiger partial charge in [-0.1, -0.05) is 6.07 Å². The highest BCUT2D eigenvalue weighted by Crippen LogP contribution is 2.34. The molecule has 0 aliphatic carbocycles. The molecule has 4 N–H and O–H groups in total. The number of carbonyl (C=O) groups excluding carboxylic acids is 1. The Morgan fingerprint density at radius 3 is 2.78 bits per heavy atom. The van der Waals surface area contributed by atoms with Gasteiger partial charge < -0.3 is 25.5 Å². The zero-order valence-electron chi connectivity index (χ0n) is 19.9. The van der Waals surface area contributed by atoms with Crippen molar-refractivity contribution in [1.29, 1.82) is 0 Å². The van der Waals surface area contributed by atoms with Crippen molar-refractivity contribution < 1.29 is 14.3 Å². The Kier molecular flexibility index (Phi) is 5.53. The van der Waals surface area contributed by atoms with E-state index in [0.717, 1.165) is 16.6 Å². The number of rotatable bonds is 8. The van der Waals surface area contributed by atoms with E-state index in [1.165, 1.54) is 0 Å². The molecule has 4 aromatic heterocycles. The standard InChI is InChI=1S/C24H24N10O3/c1-32-13-17(8-27-32)29-23-21(22(25)36)30-19(9-26-23)16-10-33(11-16)24-31-18-3-2-14(6-20(18)37-24)15-7-28-34(12-15)4-5-35/h2-3,6-9,12-13,16,35H,4-5,10-11H2,1H3,(H2,25,36)(H,26,29). The Bertz CT molecular complexity index is 1600. The molecule has 0 atom stereocenters. The highest BCUT2D eigenvalue weighted by Gasteiger charge is 2.33. The summed E-state index contributed by atoms with van der Waals surface area (Å²) in [6.45, 7) is 1.72. The summed E-state index contributed by atoms with van der Waals surface area (Å²) >= 11 is 0. The number of hydrogen-bond acceptors (Lipinski definition) is 10. The minimum atomic E-state index is -0.659. The average molecular weight is 501 g/mol. The lowest BCUT2D eigenvalue weighted by Crippen LogP contribution is -2.45. The molecular formula is C24H24N10O3. The summed E-state index contributed by atoms with van der Waals surface area (Å²) in [5, 5.41) is 20.5. The predicted molar refractivity (Wildman–Crippen MR) is 134 cm³/mol. The number of fused-ring (bicyclic) bond motifs is 1. The van der Waals surface area contributed by atoms with E-state index in [2.05, 4.69) is 30.5 Å². The minimum Gasteiger partial charge on any atom is -0.423 e. The first kappa shape index (κ1) is 22.7. The van der Waals surface area contributed by atoms with Crippen LogP contribution in [0, 0.1) is 0 Å². The van der Waals surface area contributed by atoms with Gasteiger partial charge in [-0.05, 0) is 17.7 Å². The first-order valence-electron chi connectivity index (χ1n) is 11.7. The molecule has 0 radical (unpaired) electrons. The maximum Gasteiger partial charge on any atom is 0.298 e. The molecule has 6 rings (SSSR count). The molecule has 0 saturated carbocycles. The van der Waals surface area contributed by atoms with E-state index in [9.17, 15) is 4.79 Å². The van der Waals surface area contributed by atoms with Crippen LogP contribution in [0.5, 0.6) is 0 Å². The molecule has 188 valence electrons. The second-order valence-electron chi connectivity index (χ2n) is 8.88. The summed E-state index contributed by atoms with van der Waals surface area (Å²) in [6, 6.07) is 6.34. The molecule has 1 aliphatic rings. The number of aliphatic hydroxyl groups is 1. The van der Waals surface area contributed by atoms with E-state index >= 15 is 0 Å². The lowest BCUT2D eigenvalue weighted by atomic mass is 9.97. The van der Waals surface area contributed by atoms with Crippen LogP contribution in [0.4, 0.5) is 17.5 Å². The van der Waals surface area contributed by atoms with Crippen molar-refractivity contribution in [2.75, 3.05) is 29.9 Å². The Morgan fingerprint density at radius 2 is 2.03 bits per heavy atom. The van der Waals surface area contributed by atoms with Gasteiger partial charge in [0.15, 0.2) is 17.1 Å². The summed E-state index contributed by atoms with van der Waals surface area (Å²) in [5.74, 6) is -0.313. The molecule has 37 heavy (non-hydrogen) atoms. The van der Waals surface area contributed by atoms with Crippen LogP contribution in [0.3, 0.4) is 0 Å². The van der Waals surface area contributed by atoms with Crippen molar-refractivity contribution >= 4 is 34.5 Å². The summed E-state index contributed by atoms with van der Waals surface area (Å²) in [5.41, 5.74) is 10.3. The molecule has 13 heteroatoms. The second-order valence-corrected chi connectivity index (χ2v) is 8.88. The Morgan fingerprint density at radius 1 is 1.16 bits per heavy atom. The zero-order valence-corrected chi connectivity index (χ0v) is 19.9. The molecule has 0 unspecified atom stereocenters. The van der Waals surface area contributed by atoms with Crippen molar-refractivity contribution in [3.63, 3.8) is 0 Å². The first-order valence-corrected chi connectivity index (χ1v) is 11.7. The molecule has 1 amide bonds. The first-order chi connectivity index (χ1) is 18.0. The minimum absolute atomic E-state index is 0.0321. The number of amides is 1. The van der Waals surface area contributed by atoms with E-state index in [-0.39, 0.29) is 24.0 Å². The van der Waals surface area contributed by atoms with Crippen LogP contribution in [0.2, 0.25) is 0 Å². The van der Waals surface area contributed by atoms with E-state index in [4.69, 9.17) is 15.3 Å². The van der Waals surface area contributed by atoms with Crippen LogP contribution in [-0.2, 0) is 13.6 Å². The van der Waals surface area contributed by atoms with Crippen molar-refractivity contribution in [2.24, 2.45) is 12.8 Å². The van der Waals surface area contributed by atoms with Gasteiger partial charge in [-0.15, -0.1) is 0 Å². The molecule has 5 heterocycles. The Labute approximate surface area is 210 Å². The fourth-order valence-electron chi connectivity index (χ4n) is 4.27. The monoisotopic (exact) mass is 500 g/mol. The molecule has 5 aromatic rings. The van der Waals surface area contributed by atoms with Gasteiger partial charge in [-0.2, -0.15) is 15.2 Å². The third kappa shape index (κ3) is 4.36. The van der Waals surface area contributed by atoms with Crippen LogP contribution >= 0.6 is 0 Å². The predicted octanol–water partition coefficient (Wildman–Crippen LogP) is 1.65. The SMILES string of the molecule is Cn1cc(Nc2ncc(C3CN(c4nc5ccc(-c6cnn(CCO)c6)cc5o4)C3)nc2C(N)=O)cn1. The molecule has 1 saturated heterocycles. The number of aliphatic hydroxyl groups excluding tert-OH is 1. The number of primary amides is 1. The summed E-state index contributed by atoms with van der Waals surface area (Å²) < 4.78 is 9.37. The van der Waals surface area contributed by atoms with Gasteiger partial charge in [0, 0.05) is 44.0 Å². The van der Waals surface area contributed by atoms with Crippen LogP contribution < -0.4 is 16.0 Å². The third-order valence-corrected chi connectivity index (χ3v) is 6.24. The Hall–Kier alpha value is -4.78.